The molecule has 9 heteroatoms. The number of ether oxygens (including phenoxy) is 2. The van der Waals surface area contributed by atoms with E-state index in [2.05, 4.69) is 0 Å². The number of rotatable bonds is 8. The van der Waals surface area contributed by atoms with Gasteiger partial charge in [-0.05, 0) is 12.5 Å². The van der Waals surface area contributed by atoms with E-state index in [1.54, 1.807) is 0 Å². The minimum atomic E-state index is -5.14. The summed E-state index contributed by atoms with van der Waals surface area (Å²) >= 11 is 0. The van der Waals surface area contributed by atoms with Gasteiger partial charge in [-0.15, -0.1) is 0 Å². The van der Waals surface area contributed by atoms with Gasteiger partial charge in [0.05, 0.1) is 18.6 Å². The monoisotopic (exact) mass is 335 g/mol. The number of methoxy groups -OCH3 is 1. The Balaban J connectivity index is 3.24. The smallest absolute Gasteiger partial charge is 0.454 e. The first-order chi connectivity index (χ1) is 10.7. The summed E-state index contributed by atoms with van der Waals surface area (Å²) in [6.07, 6.45) is -2.77. The predicted molar refractivity (Wildman–Crippen MR) is 75.1 cm³/mol. The van der Waals surface area contributed by atoms with Gasteiger partial charge in [-0.2, -0.15) is 13.2 Å². The van der Waals surface area contributed by atoms with Crippen LogP contribution in [0.5, 0.6) is 11.5 Å². The Morgan fingerprint density at radius 2 is 1.96 bits per heavy atom. The van der Waals surface area contributed by atoms with Crippen molar-refractivity contribution in [3.8, 4) is 11.5 Å². The molecule has 0 fully saturated rings. The van der Waals surface area contributed by atoms with E-state index in [1.165, 1.54) is 0 Å². The van der Waals surface area contributed by atoms with Crippen LogP contribution in [-0.2, 0) is 0 Å². The third kappa shape index (κ3) is 4.83. The molecular formula is C14H16F3NO5. The summed E-state index contributed by atoms with van der Waals surface area (Å²) in [4.78, 5) is 21.4. The minimum absolute atomic E-state index is 0.150. The lowest BCUT2D eigenvalue weighted by Crippen LogP contribution is -2.23. The van der Waals surface area contributed by atoms with E-state index in [1.807, 2.05) is 6.92 Å². The lowest BCUT2D eigenvalue weighted by molar-refractivity contribution is -0.386. The third-order valence-corrected chi connectivity index (χ3v) is 2.97. The number of halogens is 3. The zero-order valence-electron chi connectivity index (χ0n) is 12.6. The fraction of sp³-hybridized carbons (Fsp3) is 0.500. The quantitative estimate of drug-likeness (QED) is 0.311. The van der Waals surface area contributed by atoms with Crippen LogP contribution in [-0.4, -0.2) is 30.6 Å². The molecule has 0 atom stereocenters. The molecule has 0 aliphatic heterocycles. The van der Waals surface area contributed by atoms with Gasteiger partial charge in [0.1, 0.15) is 0 Å². The molecule has 0 saturated heterocycles. The van der Waals surface area contributed by atoms with Gasteiger partial charge in [-0.1, -0.05) is 19.8 Å². The van der Waals surface area contributed by atoms with Crippen molar-refractivity contribution in [2.75, 3.05) is 13.7 Å². The molecule has 1 aromatic carbocycles. The van der Waals surface area contributed by atoms with Crippen LogP contribution in [0.25, 0.3) is 0 Å². The number of unbranched alkanes of at least 4 members (excludes halogenated alkanes) is 2. The standard InChI is InChI=1S/C14H16F3NO5/c1-3-4-5-6-23-12-10(18(20)21)7-9(8-11(12)22-2)13(19)14(15,16)17/h7-8H,3-6H2,1-2H3. The maximum Gasteiger partial charge on any atom is 0.454 e. The second-order valence-electron chi connectivity index (χ2n) is 4.67. The highest BCUT2D eigenvalue weighted by Gasteiger charge is 2.41. The van der Waals surface area contributed by atoms with Crippen LogP contribution >= 0.6 is 0 Å². The molecular weight excluding hydrogens is 319 g/mol. The Bertz CT molecular complexity index is 587. The molecule has 0 aliphatic carbocycles. The first-order valence-corrected chi connectivity index (χ1v) is 6.83. The highest BCUT2D eigenvalue weighted by molar-refractivity contribution is 6.01. The number of nitro groups is 1. The van der Waals surface area contributed by atoms with Crippen LogP contribution in [0, 0.1) is 10.1 Å². The number of carbonyl (C=O) groups excluding carboxylic acids is 1. The minimum Gasteiger partial charge on any atom is -0.493 e. The maximum absolute atomic E-state index is 12.5. The van der Waals surface area contributed by atoms with Gasteiger partial charge in [-0.25, -0.2) is 0 Å². The van der Waals surface area contributed by atoms with Crippen molar-refractivity contribution >= 4 is 11.5 Å². The van der Waals surface area contributed by atoms with E-state index in [-0.39, 0.29) is 18.1 Å². The molecule has 0 aromatic heterocycles. The fourth-order valence-electron chi connectivity index (χ4n) is 1.84. The van der Waals surface area contributed by atoms with Crippen molar-refractivity contribution < 1.29 is 32.4 Å². The first-order valence-electron chi connectivity index (χ1n) is 6.83. The van der Waals surface area contributed by atoms with Gasteiger partial charge >= 0.3 is 11.9 Å². The molecule has 0 amide bonds. The molecule has 0 saturated carbocycles. The van der Waals surface area contributed by atoms with E-state index in [4.69, 9.17) is 9.47 Å². The number of nitrogens with zero attached hydrogens (tertiary/aromatic N) is 1. The van der Waals surface area contributed by atoms with E-state index in [9.17, 15) is 28.1 Å². The number of carbonyl (C=O) groups is 1. The number of Topliss-reactive ketones (excluding diaryl/α,β-unsaturated/α-hetero) is 1. The predicted octanol–water partition coefficient (Wildman–Crippen LogP) is 3.92. The van der Waals surface area contributed by atoms with Crippen molar-refractivity contribution in [2.24, 2.45) is 0 Å². The van der Waals surface area contributed by atoms with E-state index in [0.29, 0.717) is 12.5 Å². The zero-order valence-corrected chi connectivity index (χ0v) is 12.6. The van der Waals surface area contributed by atoms with Crippen molar-refractivity contribution in [3.05, 3.63) is 27.8 Å². The SMILES string of the molecule is CCCCCOc1c(OC)cc(C(=O)C(F)(F)F)cc1[N+](=O)[O-]. The molecule has 0 bridgehead atoms. The average molecular weight is 335 g/mol. The summed E-state index contributed by atoms with van der Waals surface area (Å²) < 4.78 is 47.6. The van der Waals surface area contributed by atoms with Gasteiger partial charge in [0, 0.05) is 11.6 Å². The Morgan fingerprint density at radius 1 is 1.30 bits per heavy atom. The maximum atomic E-state index is 12.5. The first kappa shape index (κ1) is 18.7. The fourth-order valence-corrected chi connectivity index (χ4v) is 1.84. The molecule has 23 heavy (non-hydrogen) atoms. The van der Waals surface area contributed by atoms with E-state index in [0.717, 1.165) is 26.0 Å². The summed E-state index contributed by atoms with van der Waals surface area (Å²) in [6.45, 7) is 2.11. The van der Waals surface area contributed by atoms with Gasteiger partial charge in [0.2, 0.25) is 5.75 Å². The molecule has 1 aromatic rings. The summed E-state index contributed by atoms with van der Waals surface area (Å²) in [6, 6.07) is 1.34. The second-order valence-corrected chi connectivity index (χ2v) is 4.67. The second kappa shape index (κ2) is 7.80. The summed E-state index contributed by atoms with van der Waals surface area (Å²) in [7, 11) is 1.12. The van der Waals surface area contributed by atoms with Gasteiger partial charge < -0.3 is 9.47 Å². The lowest BCUT2D eigenvalue weighted by Gasteiger charge is -2.13. The van der Waals surface area contributed by atoms with Crippen LogP contribution in [0.3, 0.4) is 0 Å². The molecule has 0 aliphatic rings. The molecule has 0 spiro atoms. The largest absolute Gasteiger partial charge is 0.493 e. The summed E-state index contributed by atoms with van der Waals surface area (Å²) in [5.41, 5.74) is -1.62. The number of hydrogen-bond acceptors (Lipinski definition) is 5. The topological polar surface area (TPSA) is 78.7 Å². The Hall–Kier alpha value is -2.32. The summed E-state index contributed by atoms with van der Waals surface area (Å²) in [5.74, 6) is -2.76. The number of ketones is 1. The number of alkyl halides is 3. The average Bonchev–Trinajstić information content (AvgIpc) is 2.49. The molecule has 0 N–H and O–H groups in total. The highest BCUT2D eigenvalue weighted by atomic mass is 19.4. The lowest BCUT2D eigenvalue weighted by atomic mass is 10.1. The van der Waals surface area contributed by atoms with Crippen LogP contribution in [0.15, 0.2) is 12.1 Å². The van der Waals surface area contributed by atoms with Gasteiger partial charge in [0.15, 0.2) is 5.75 Å². The molecule has 1 rings (SSSR count). The van der Waals surface area contributed by atoms with Crippen LogP contribution in [0.4, 0.5) is 18.9 Å². The van der Waals surface area contributed by atoms with Crippen molar-refractivity contribution in [1.29, 1.82) is 0 Å². The molecule has 6 nitrogen and oxygen atoms in total. The Labute approximate surface area is 130 Å². The van der Waals surface area contributed by atoms with Gasteiger partial charge in [0.25, 0.3) is 5.78 Å². The molecule has 128 valence electrons. The highest BCUT2D eigenvalue weighted by Crippen LogP contribution is 2.39. The van der Waals surface area contributed by atoms with Crippen molar-refractivity contribution in [2.45, 2.75) is 32.4 Å². The van der Waals surface area contributed by atoms with Crippen LogP contribution in [0.1, 0.15) is 36.5 Å². The number of benzene rings is 1. The number of nitro benzene ring substituents is 1. The summed E-state index contributed by atoms with van der Waals surface area (Å²) in [5, 5.41) is 11.1. The Morgan fingerprint density at radius 3 is 2.43 bits per heavy atom. The van der Waals surface area contributed by atoms with Crippen molar-refractivity contribution in [3.63, 3.8) is 0 Å². The molecule has 0 heterocycles. The normalized spacial score (nSPS) is 11.2. The zero-order chi connectivity index (χ0) is 17.6. The van der Waals surface area contributed by atoms with Crippen LogP contribution < -0.4 is 9.47 Å². The van der Waals surface area contributed by atoms with E-state index < -0.39 is 28.1 Å². The third-order valence-electron chi connectivity index (χ3n) is 2.97. The Kier molecular flexibility index (Phi) is 6.35. The van der Waals surface area contributed by atoms with Gasteiger partial charge in [-0.3, -0.25) is 14.9 Å². The molecule has 0 radical (unpaired) electrons. The van der Waals surface area contributed by atoms with Crippen LogP contribution in [0.2, 0.25) is 0 Å². The van der Waals surface area contributed by atoms with Crippen molar-refractivity contribution in [1.82, 2.24) is 0 Å². The van der Waals surface area contributed by atoms with E-state index >= 15 is 0 Å². The number of hydrogen-bond donors (Lipinski definition) is 0. The molecule has 0 unspecified atom stereocenters.